The highest BCUT2D eigenvalue weighted by atomic mass is 127. The summed E-state index contributed by atoms with van der Waals surface area (Å²) in [5, 5.41) is 0. The first-order valence-electron chi connectivity index (χ1n) is 7.17. The van der Waals surface area contributed by atoms with E-state index < -0.39 is 0 Å². The molecule has 1 fully saturated rings. The molecule has 1 aromatic carbocycles. The van der Waals surface area contributed by atoms with E-state index in [1.165, 1.54) is 0 Å². The molecule has 3 rings (SSSR count). The van der Waals surface area contributed by atoms with Gasteiger partial charge in [0.05, 0.1) is 5.69 Å². The van der Waals surface area contributed by atoms with Gasteiger partial charge in [-0.25, -0.2) is 4.98 Å². The van der Waals surface area contributed by atoms with Crippen LogP contribution in [0.4, 0.5) is 0 Å². The third kappa shape index (κ3) is 3.18. The fraction of sp³-hybridized carbons (Fsp3) is 0.375. The van der Waals surface area contributed by atoms with Crippen molar-refractivity contribution in [1.82, 2.24) is 9.97 Å². The number of nitrogens with one attached hydrogen (secondary N) is 1. The largest absolute Gasteiger partial charge is 0.370 e. The van der Waals surface area contributed by atoms with Crippen molar-refractivity contribution in [1.29, 1.82) is 0 Å². The van der Waals surface area contributed by atoms with Gasteiger partial charge in [0.1, 0.15) is 15.5 Å². The van der Waals surface area contributed by atoms with Gasteiger partial charge < -0.3 is 9.72 Å². The van der Waals surface area contributed by atoms with Gasteiger partial charge in [0.2, 0.25) is 0 Å². The van der Waals surface area contributed by atoms with Crippen LogP contribution >= 0.6 is 22.6 Å². The molecule has 4 nitrogen and oxygen atoms in total. The van der Waals surface area contributed by atoms with E-state index in [2.05, 4.69) is 27.6 Å². The molecule has 1 heterocycles. The molecule has 1 aromatic heterocycles. The standard InChI is InChI=1S/C16H17IN2O2/c1-2-21-14(11-8-9-11)15-18-13(12(17)16(20)19-15)10-6-4-3-5-7-10/h3-7,11,14H,2,8-9H2,1H3,(H,18,19,20). The van der Waals surface area contributed by atoms with E-state index in [4.69, 9.17) is 9.72 Å². The average Bonchev–Trinajstić information content (AvgIpc) is 3.33. The summed E-state index contributed by atoms with van der Waals surface area (Å²) in [6.07, 6.45) is 2.18. The zero-order valence-corrected chi connectivity index (χ0v) is 14.0. The predicted molar refractivity (Wildman–Crippen MR) is 90.1 cm³/mol. The first kappa shape index (κ1) is 14.7. The molecular weight excluding hydrogens is 379 g/mol. The van der Waals surface area contributed by atoms with Gasteiger partial charge in [-0.2, -0.15) is 0 Å². The molecular formula is C16H17IN2O2. The number of aromatic nitrogens is 2. The molecule has 0 spiro atoms. The summed E-state index contributed by atoms with van der Waals surface area (Å²) in [4.78, 5) is 19.8. The zero-order chi connectivity index (χ0) is 14.8. The molecule has 1 unspecified atom stereocenters. The molecule has 0 radical (unpaired) electrons. The first-order chi connectivity index (χ1) is 10.2. The Morgan fingerprint density at radius 2 is 2.10 bits per heavy atom. The number of benzene rings is 1. The van der Waals surface area contributed by atoms with Crippen LogP contribution in [0.2, 0.25) is 0 Å². The number of aromatic amines is 1. The van der Waals surface area contributed by atoms with Crippen molar-refractivity contribution < 1.29 is 4.74 Å². The van der Waals surface area contributed by atoms with Crippen molar-refractivity contribution in [3.8, 4) is 11.3 Å². The fourth-order valence-electron chi connectivity index (χ4n) is 2.42. The van der Waals surface area contributed by atoms with Crippen LogP contribution in [0, 0.1) is 9.49 Å². The highest BCUT2D eigenvalue weighted by Crippen LogP contribution is 2.42. The van der Waals surface area contributed by atoms with Crippen LogP contribution in [0.1, 0.15) is 31.7 Å². The Labute approximate surface area is 137 Å². The monoisotopic (exact) mass is 396 g/mol. The Morgan fingerprint density at radius 3 is 2.71 bits per heavy atom. The first-order valence-corrected chi connectivity index (χ1v) is 8.25. The molecule has 0 amide bonds. The predicted octanol–water partition coefficient (Wildman–Crippen LogP) is 3.53. The summed E-state index contributed by atoms with van der Waals surface area (Å²) in [6.45, 7) is 2.59. The molecule has 5 heteroatoms. The van der Waals surface area contributed by atoms with Gasteiger partial charge in [-0.15, -0.1) is 0 Å². The summed E-state index contributed by atoms with van der Waals surface area (Å²) >= 11 is 2.06. The summed E-state index contributed by atoms with van der Waals surface area (Å²) in [6, 6.07) is 9.81. The van der Waals surface area contributed by atoms with Gasteiger partial charge in [0.15, 0.2) is 0 Å². The van der Waals surface area contributed by atoms with Crippen molar-refractivity contribution in [2.24, 2.45) is 5.92 Å². The Balaban J connectivity index is 2.07. The van der Waals surface area contributed by atoms with Crippen LogP contribution in [0.5, 0.6) is 0 Å². The molecule has 0 bridgehead atoms. The lowest BCUT2D eigenvalue weighted by Crippen LogP contribution is -2.21. The van der Waals surface area contributed by atoms with E-state index in [-0.39, 0.29) is 11.7 Å². The second kappa shape index (κ2) is 6.27. The van der Waals surface area contributed by atoms with E-state index in [0.717, 1.165) is 24.1 Å². The van der Waals surface area contributed by atoms with Crippen LogP contribution < -0.4 is 5.56 Å². The van der Waals surface area contributed by atoms with Crippen molar-refractivity contribution in [3.05, 3.63) is 50.1 Å². The molecule has 0 aliphatic heterocycles. The van der Waals surface area contributed by atoms with Crippen LogP contribution in [0.15, 0.2) is 35.1 Å². The minimum absolute atomic E-state index is 0.0928. The Kier molecular flexibility index (Phi) is 4.40. The molecule has 1 N–H and O–H groups in total. The molecule has 0 saturated heterocycles. The molecule has 1 aliphatic carbocycles. The molecule has 1 atom stereocenters. The normalized spacial score (nSPS) is 15.9. The van der Waals surface area contributed by atoms with Gasteiger partial charge in [0.25, 0.3) is 5.56 Å². The quantitative estimate of drug-likeness (QED) is 0.787. The SMILES string of the molecule is CCOC(c1nc(-c2ccccc2)c(I)c(=O)[nH]1)C1CC1. The van der Waals surface area contributed by atoms with Gasteiger partial charge in [0, 0.05) is 12.2 Å². The highest BCUT2D eigenvalue weighted by molar-refractivity contribution is 14.1. The summed E-state index contributed by atoms with van der Waals surface area (Å²) in [5.74, 6) is 1.14. The second-order valence-electron chi connectivity index (χ2n) is 5.19. The third-order valence-electron chi connectivity index (χ3n) is 3.59. The van der Waals surface area contributed by atoms with Gasteiger partial charge in [-0.05, 0) is 48.3 Å². The number of hydrogen-bond donors (Lipinski definition) is 1. The Morgan fingerprint density at radius 1 is 1.38 bits per heavy atom. The maximum Gasteiger partial charge on any atom is 0.265 e. The van der Waals surface area contributed by atoms with Gasteiger partial charge in [-0.3, -0.25) is 4.79 Å². The second-order valence-corrected chi connectivity index (χ2v) is 6.27. The Hall–Kier alpha value is -1.21. The minimum atomic E-state index is -0.0952. The van der Waals surface area contributed by atoms with Crippen molar-refractivity contribution >= 4 is 22.6 Å². The maximum absolute atomic E-state index is 12.2. The lowest BCUT2D eigenvalue weighted by atomic mass is 10.1. The lowest BCUT2D eigenvalue weighted by Gasteiger charge is -2.16. The fourth-order valence-corrected chi connectivity index (χ4v) is 2.98. The zero-order valence-electron chi connectivity index (χ0n) is 11.8. The third-order valence-corrected chi connectivity index (χ3v) is 4.60. The van der Waals surface area contributed by atoms with E-state index in [9.17, 15) is 4.79 Å². The average molecular weight is 396 g/mol. The summed E-state index contributed by atoms with van der Waals surface area (Å²) in [7, 11) is 0. The summed E-state index contributed by atoms with van der Waals surface area (Å²) < 4.78 is 6.42. The van der Waals surface area contributed by atoms with E-state index >= 15 is 0 Å². The maximum atomic E-state index is 12.2. The topological polar surface area (TPSA) is 55.0 Å². The number of ether oxygens (including phenoxy) is 1. The number of nitrogens with zero attached hydrogens (tertiary/aromatic N) is 1. The van der Waals surface area contributed by atoms with Crippen LogP contribution in [-0.2, 0) is 4.74 Å². The summed E-state index contributed by atoms with van der Waals surface area (Å²) in [5.41, 5.74) is 1.60. The van der Waals surface area contributed by atoms with E-state index in [1.54, 1.807) is 0 Å². The van der Waals surface area contributed by atoms with Crippen molar-refractivity contribution in [2.75, 3.05) is 6.61 Å². The number of hydrogen-bond acceptors (Lipinski definition) is 3. The molecule has 1 saturated carbocycles. The molecule has 21 heavy (non-hydrogen) atoms. The lowest BCUT2D eigenvalue weighted by molar-refractivity contribution is 0.0399. The Bertz CT molecular complexity index is 680. The highest BCUT2D eigenvalue weighted by Gasteiger charge is 2.35. The van der Waals surface area contributed by atoms with E-state index in [1.807, 2.05) is 37.3 Å². The van der Waals surface area contributed by atoms with Crippen molar-refractivity contribution in [2.45, 2.75) is 25.9 Å². The number of H-pyrrole nitrogens is 1. The smallest absolute Gasteiger partial charge is 0.265 e. The van der Waals surface area contributed by atoms with Gasteiger partial charge >= 0.3 is 0 Å². The number of rotatable bonds is 5. The molecule has 2 aromatic rings. The van der Waals surface area contributed by atoms with Crippen LogP contribution in [0.3, 0.4) is 0 Å². The molecule has 110 valence electrons. The van der Waals surface area contributed by atoms with Gasteiger partial charge in [-0.1, -0.05) is 30.3 Å². The number of halogens is 1. The van der Waals surface area contributed by atoms with Crippen LogP contribution in [-0.4, -0.2) is 16.6 Å². The van der Waals surface area contributed by atoms with E-state index in [0.29, 0.717) is 21.9 Å². The minimum Gasteiger partial charge on any atom is -0.370 e. The molecule has 1 aliphatic rings. The van der Waals surface area contributed by atoms with Crippen molar-refractivity contribution in [3.63, 3.8) is 0 Å². The van der Waals surface area contributed by atoms with Crippen LogP contribution in [0.25, 0.3) is 11.3 Å².